The van der Waals surface area contributed by atoms with Gasteiger partial charge in [0.1, 0.15) is 5.82 Å². The molecule has 0 aliphatic carbocycles. The SMILES string of the molecule is Cc1[c-]c(-c2nc(C)c(C)c(C)c2C)c(C)c(C)c1C.Cc1[c-]c(-c2nc(C)c(C)c(C)c2C)c(C)c(C)c1C.Cc1[c-]c(-c2nc(C)c(C)c3c(C)c(C)c(C)c(C)c23)c(C)c(C)c1C.Cc1[c-]c(-c2nc(C)c(C)c3c(C)c(C)c(C)c(C)c23)c(C)c(C)c1C.Cc1nc(-c2[c-]c(C)c(C)c(C)c2C)n(C)n1.[2HH].[2HH].[2HH].[2HH].[2HH].[2HH].[2HH].[2H][2H].[CH3-].[CH3-].[CH3-].[CH3-].[CH3-].[CH3-].[Ir+3].[Ir+3].[Ir+3].[Ir]. The van der Waals surface area contributed by atoms with E-state index in [4.69, 9.17) is 22.9 Å². The van der Waals surface area contributed by atoms with Gasteiger partial charge in [0.15, 0.2) is 0 Å². The number of aryl methyl sites for hydroxylation is 17. The zero-order valence-electron chi connectivity index (χ0n) is 84.5. The summed E-state index contributed by atoms with van der Waals surface area (Å²) in [6, 6.07) is 17.9. The molecule has 5 heterocycles. The minimum absolute atomic E-state index is 0. The minimum atomic E-state index is 0. The van der Waals surface area contributed by atoms with Crippen LogP contribution >= 0.6 is 0 Å². The Labute approximate surface area is 794 Å². The Morgan fingerprint density at radius 3 is 0.622 bits per heavy atom. The summed E-state index contributed by atoms with van der Waals surface area (Å²) >= 11 is 0. The van der Waals surface area contributed by atoms with Crippen molar-refractivity contribution < 1.29 is 93.4 Å². The predicted octanol–water partition coefficient (Wildman–Crippen LogP) is 31.1. The molecule has 0 amide bonds. The fourth-order valence-corrected chi connectivity index (χ4v) is 15.6. The van der Waals surface area contributed by atoms with Gasteiger partial charge in [-0.3, -0.25) is 9.67 Å². The van der Waals surface area contributed by atoms with Crippen molar-refractivity contribution in [2.75, 3.05) is 0 Å². The Hall–Kier alpha value is -6.60. The van der Waals surface area contributed by atoms with E-state index in [9.17, 15) is 0 Å². The summed E-state index contributed by atoms with van der Waals surface area (Å²) in [5.74, 6) is 1.69. The Bertz CT molecular complexity index is 5370. The van der Waals surface area contributed by atoms with Crippen LogP contribution in [0.2, 0.25) is 0 Å². The van der Waals surface area contributed by atoms with Crippen LogP contribution in [0.5, 0.6) is 0 Å². The molecule has 0 aliphatic heterocycles. The number of benzene rings is 7. The van der Waals surface area contributed by atoms with E-state index in [0.29, 0.717) is 0 Å². The van der Waals surface area contributed by atoms with Crippen LogP contribution in [0.3, 0.4) is 0 Å². The molecule has 5 aromatic heterocycles. The average Bonchev–Trinajstić information content (AvgIpc) is 1.29. The second-order valence-corrected chi connectivity index (χ2v) is 32.3. The topological polar surface area (TPSA) is 82.3 Å². The average molecular weight is 2330 g/mol. The first-order chi connectivity index (χ1) is 51.6. The van der Waals surface area contributed by atoms with Crippen molar-refractivity contribution in [2.24, 2.45) is 7.05 Å². The van der Waals surface area contributed by atoms with E-state index in [1.807, 2.05) is 18.7 Å². The van der Waals surface area contributed by atoms with Crippen LogP contribution in [0.4, 0.5) is 0 Å². The van der Waals surface area contributed by atoms with Gasteiger partial charge < -0.3 is 64.5 Å². The maximum atomic E-state index is 5.09. The smallest absolute Gasteiger partial charge is 0.358 e. The second-order valence-electron chi connectivity index (χ2n) is 32.3. The Kier molecular flexibility index (Phi) is 43.9. The van der Waals surface area contributed by atoms with Gasteiger partial charge in [-0.2, -0.15) is 5.10 Å². The van der Waals surface area contributed by atoms with E-state index in [2.05, 4.69) is 317 Å². The normalized spacial score (nSPS) is 10.3. The maximum absolute atomic E-state index is 5.09. The van der Waals surface area contributed by atoms with E-state index < -0.39 is 0 Å². The Morgan fingerprint density at radius 1 is 0.202 bits per heavy atom. The largest absolute Gasteiger partial charge is 3.00 e. The third kappa shape index (κ3) is 22.1. The van der Waals surface area contributed by atoms with Crippen molar-refractivity contribution >= 4 is 21.5 Å². The molecule has 7 nitrogen and oxygen atoms in total. The molecule has 0 unspecified atom stereocenters. The molecule has 1 radical (unpaired) electrons. The van der Waals surface area contributed by atoms with E-state index in [1.54, 1.807) is 0 Å². The quantitative estimate of drug-likeness (QED) is 0.160. The monoisotopic (exact) mass is 2340 g/mol. The molecule has 0 N–H and O–H groups in total. The van der Waals surface area contributed by atoms with Gasteiger partial charge in [-0.15, -0.1) is 169 Å². The first-order valence-corrected chi connectivity index (χ1v) is 39.1. The van der Waals surface area contributed by atoms with Crippen LogP contribution in [-0.2, 0) is 87.5 Å². The van der Waals surface area contributed by atoms with Gasteiger partial charge in [0.2, 0.25) is 0 Å². The number of nitrogens with zero attached hydrogens (tertiary/aromatic N) is 7. The molecule has 0 saturated heterocycles. The summed E-state index contributed by atoms with van der Waals surface area (Å²) in [6.07, 6.45) is 0. The molecule has 0 fully saturated rings. The predicted molar refractivity (Wildman–Crippen MR) is 524 cm³/mol. The van der Waals surface area contributed by atoms with Gasteiger partial charge in [0.05, 0.1) is 5.82 Å². The van der Waals surface area contributed by atoms with Crippen LogP contribution in [0.25, 0.3) is 78.0 Å². The molecule has 0 atom stereocenters. The molecule has 12 aromatic rings. The van der Waals surface area contributed by atoms with E-state index in [-0.39, 0.29) is 135 Å². The molecule has 119 heavy (non-hydrogen) atoms. The molecule has 0 aliphatic rings. The minimum Gasteiger partial charge on any atom is -0.358 e. The van der Waals surface area contributed by atoms with Gasteiger partial charge in [-0.05, 0) is 256 Å². The first kappa shape index (κ1) is 114. The standard InChI is InChI=1S/2C25H30N.2C19H24N.C14H18N3.6CH3.4Ir.8H2/c2*1-12-11-22(17(6)14(3)13(12)2)25-24-19(8)16(5)15(4)18(7)23(24)20(9)21(10)26-25;2*1-10-9-18(15(6)12(3)11(10)2)19-16(7)13(4)14(5)17(8)20-19;1-8-7-13(11(4)10(3)9(8)2)14-15-12(5)16-17(14)6;;;;;;;;;;;;;;;;;;/h2*1-10H3;2*1-8H3;1-6H3;6*1H3;;;;;8*1H/q11*-1;;3*+3;;;;;;;;/i;;;;;;;;;;;;;;;1+1D;7*1+1. The first-order valence-electron chi connectivity index (χ1n) is 40.1. The summed E-state index contributed by atoms with van der Waals surface area (Å²) in [6.45, 7) is 89.1. The molecule has 12 rings (SSSR count). The fourth-order valence-electron chi connectivity index (χ4n) is 15.6. The molecule has 0 bridgehead atoms. The van der Waals surface area contributed by atoms with Crippen LogP contribution < -0.4 is 0 Å². The van der Waals surface area contributed by atoms with Crippen LogP contribution in [-0.4, -0.2) is 34.7 Å². The second kappa shape index (κ2) is 45.7. The van der Waals surface area contributed by atoms with Gasteiger partial charge in [-0.25, -0.2) is 0 Å². The van der Waals surface area contributed by atoms with Crippen molar-refractivity contribution in [1.29, 1.82) is 0 Å². The number of rotatable bonds is 5. The third-order valence-electron chi connectivity index (χ3n) is 26.8. The zero-order valence-corrected chi connectivity index (χ0v) is 92.0. The van der Waals surface area contributed by atoms with Crippen molar-refractivity contribution in [3.8, 4) is 56.4 Å². The molecular formula is C108H160Ir4N7-2. The molecule has 665 valence electrons. The summed E-state index contributed by atoms with van der Waals surface area (Å²) in [7, 11) is 1.92. The molecule has 0 saturated carbocycles. The Balaban J connectivity index is -0.000000144. The van der Waals surface area contributed by atoms with E-state index in [0.717, 1.165) is 85.0 Å². The Morgan fingerprint density at radius 2 is 0.387 bits per heavy atom. The zero-order chi connectivity index (χ0) is 84.1. The van der Waals surface area contributed by atoms with Crippen molar-refractivity contribution in [3.05, 3.63) is 304 Å². The van der Waals surface area contributed by atoms with Gasteiger partial charge >= 0.3 is 60.3 Å². The summed E-state index contributed by atoms with van der Waals surface area (Å²) in [4.78, 5) is 24.3. The number of fused-ring (bicyclic) bond motifs is 2. The van der Waals surface area contributed by atoms with Crippen LogP contribution in [0.1, 0.15) is 242 Å². The fraction of sp³-hybridized carbons (Fsp3) is 0.389. The molecule has 0 spiro atoms. The third-order valence-corrected chi connectivity index (χ3v) is 26.8. The number of aromatic nitrogens is 7. The van der Waals surface area contributed by atoms with Crippen molar-refractivity contribution in [2.45, 2.75) is 284 Å². The number of pyridine rings is 4. The molecule has 7 aromatic carbocycles. The summed E-state index contributed by atoms with van der Waals surface area (Å²) < 4.78 is 11.8. The van der Waals surface area contributed by atoms with Crippen LogP contribution in [0.15, 0.2) is 0 Å². The molecule has 11 heteroatoms. The van der Waals surface area contributed by atoms with E-state index in [1.165, 1.54) is 222 Å². The van der Waals surface area contributed by atoms with Crippen molar-refractivity contribution in [3.63, 3.8) is 0 Å². The van der Waals surface area contributed by atoms with Gasteiger partial charge in [-0.1, -0.05) is 161 Å². The number of hydrogen-bond acceptors (Lipinski definition) is 6. The molecular weight excluding hydrogens is 2160 g/mol. The van der Waals surface area contributed by atoms with Crippen molar-refractivity contribution in [1.82, 2.24) is 34.7 Å². The van der Waals surface area contributed by atoms with Crippen LogP contribution in [0, 0.1) is 359 Å². The summed E-state index contributed by atoms with van der Waals surface area (Å²) in [5.41, 5.74) is 61.8. The van der Waals surface area contributed by atoms with Gasteiger partial charge in [0, 0.05) is 62.9 Å². The van der Waals surface area contributed by atoms with E-state index >= 15 is 0 Å². The summed E-state index contributed by atoms with van der Waals surface area (Å²) in [5, 5.41) is 9.64. The number of hydrogen-bond donors (Lipinski definition) is 0. The maximum Gasteiger partial charge on any atom is 3.00 e. The van der Waals surface area contributed by atoms with Gasteiger partial charge in [0.25, 0.3) is 0 Å².